The molecule has 0 aliphatic rings. The molecule has 2 rings (SSSR count). The van der Waals surface area contributed by atoms with Gasteiger partial charge in [0.15, 0.2) is 0 Å². The number of aryl methyl sites for hydroxylation is 1. The highest BCUT2D eigenvalue weighted by atomic mass is 35.5. The lowest BCUT2D eigenvalue weighted by Crippen LogP contribution is -2.37. The highest BCUT2D eigenvalue weighted by molar-refractivity contribution is 6.32. The standard InChI is InChI=1S/C14H16ClN3O/c1-11-5-3-6-13(9-11)18(14(19)12(2)15)10-17-8-4-7-16-17/h3-9,12H,10H2,1-2H3. The van der Waals surface area contributed by atoms with Gasteiger partial charge in [-0.3, -0.25) is 14.4 Å². The highest BCUT2D eigenvalue weighted by Gasteiger charge is 2.20. The lowest BCUT2D eigenvalue weighted by molar-refractivity contribution is -0.118. The Morgan fingerprint density at radius 1 is 1.47 bits per heavy atom. The summed E-state index contributed by atoms with van der Waals surface area (Å²) in [5.74, 6) is -0.136. The summed E-state index contributed by atoms with van der Waals surface area (Å²) in [4.78, 5) is 13.9. The third-order valence-electron chi connectivity index (χ3n) is 2.77. The van der Waals surface area contributed by atoms with Gasteiger partial charge in [0.2, 0.25) is 5.91 Å². The SMILES string of the molecule is Cc1cccc(N(Cn2cccn2)C(=O)C(C)Cl)c1. The molecule has 0 fully saturated rings. The van der Waals surface area contributed by atoms with Crippen molar-refractivity contribution in [3.8, 4) is 0 Å². The Bertz CT molecular complexity index is 552. The van der Waals surface area contributed by atoms with E-state index >= 15 is 0 Å². The van der Waals surface area contributed by atoms with Crippen LogP contribution in [0.15, 0.2) is 42.7 Å². The van der Waals surface area contributed by atoms with Gasteiger partial charge in [-0.2, -0.15) is 5.10 Å². The molecule has 5 heteroatoms. The van der Waals surface area contributed by atoms with Gasteiger partial charge < -0.3 is 0 Å². The van der Waals surface area contributed by atoms with E-state index in [0.29, 0.717) is 6.67 Å². The minimum absolute atomic E-state index is 0.136. The summed E-state index contributed by atoms with van der Waals surface area (Å²) in [7, 11) is 0. The van der Waals surface area contributed by atoms with E-state index in [0.717, 1.165) is 11.3 Å². The Hall–Kier alpha value is -1.81. The van der Waals surface area contributed by atoms with Crippen LogP contribution in [0.1, 0.15) is 12.5 Å². The quantitative estimate of drug-likeness (QED) is 0.806. The van der Waals surface area contributed by atoms with Crippen molar-refractivity contribution in [3.63, 3.8) is 0 Å². The van der Waals surface area contributed by atoms with E-state index < -0.39 is 5.38 Å². The molecule has 1 heterocycles. The van der Waals surface area contributed by atoms with Crippen molar-refractivity contribution in [2.45, 2.75) is 25.9 Å². The van der Waals surface area contributed by atoms with Crippen molar-refractivity contribution in [3.05, 3.63) is 48.3 Å². The number of anilines is 1. The summed E-state index contributed by atoms with van der Waals surface area (Å²) in [6, 6.07) is 9.59. The summed E-state index contributed by atoms with van der Waals surface area (Å²) >= 11 is 5.93. The molecule has 1 unspecified atom stereocenters. The second-order valence-electron chi connectivity index (χ2n) is 4.41. The third kappa shape index (κ3) is 3.35. The number of nitrogens with zero attached hydrogens (tertiary/aromatic N) is 3. The van der Waals surface area contributed by atoms with E-state index in [1.165, 1.54) is 0 Å². The summed E-state index contributed by atoms with van der Waals surface area (Å²) in [6.07, 6.45) is 3.50. The molecular weight excluding hydrogens is 262 g/mol. The average Bonchev–Trinajstić information content (AvgIpc) is 2.88. The van der Waals surface area contributed by atoms with Crippen LogP contribution >= 0.6 is 11.6 Å². The van der Waals surface area contributed by atoms with E-state index in [9.17, 15) is 4.79 Å². The van der Waals surface area contributed by atoms with Crippen molar-refractivity contribution in [1.29, 1.82) is 0 Å². The number of carbonyl (C=O) groups is 1. The minimum Gasteiger partial charge on any atom is -0.291 e. The molecule has 1 aromatic carbocycles. The lowest BCUT2D eigenvalue weighted by atomic mass is 10.2. The molecule has 1 amide bonds. The zero-order chi connectivity index (χ0) is 13.8. The van der Waals surface area contributed by atoms with Crippen LogP contribution in [0.25, 0.3) is 0 Å². The highest BCUT2D eigenvalue weighted by Crippen LogP contribution is 2.19. The van der Waals surface area contributed by atoms with Gasteiger partial charge in [-0.25, -0.2) is 0 Å². The van der Waals surface area contributed by atoms with Crippen molar-refractivity contribution in [1.82, 2.24) is 9.78 Å². The van der Waals surface area contributed by atoms with Crippen LogP contribution in [-0.2, 0) is 11.5 Å². The summed E-state index contributed by atoms with van der Waals surface area (Å²) in [6.45, 7) is 4.02. The van der Waals surface area contributed by atoms with Gasteiger partial charge >= 0.3 is 0 Å². The molecule has 0 aliphatic heterocycles. The van der Waals surface area contributed by atoms with Gasteiger partial charge in [0, 0.05) is 18.1 Å². The van der Waals surface area contributed by atoms with Crippen molar-refractivity contribution < 1.29 is 4.79 Å². The number of amides is 1. The van der Waals surface area contributed by atoms with Crippen LogP contribution in [-0.4, -0.2) is 21.1 Å². The van der Waals surface area contributed by atoms with E-state index in [4.69, 9.17) is 11.6 Å². The van der Waals surface area contributed by atoms with Crippen molar-refractivity contribution in [2.24, 2.45) is 0 Å². The van der Waals surface area contributed by atoms with Gasteiger partial charge in [0.25, 0.3) is 0 Å². The maximum atomic E-state index is 12.2. The van der Waals surface area contributed by atoms with Gasteiger partial charge in [0.05, 0.1) is 0 Å². The van der Waals surface area contributed by atoms with E-state index in [2.05, 4.69) is 5.10 Å². The molecular formula is C14H16ClN3O. The summed E-state index contributed by atoms with van der Waals surface area (Å²) in [5, 5.41) is 3.55. The zero-order valence-corrected chi connectivity index (χ0v) is 11.7. The number of rotatable bonds is 4. The van der Waals surface area contributed by atoms with Crippen LogP contribution in [0.5, 0.6) is 0 Å². The molecule has 0 saturated heterocycles. The van der Waals surface area contributed by atoms with Crippen LogP contribution in [0.3, 0.4) is 0 Å². The first-order valence-corrected chi connectivity index (χ1v) is 6.51. The second-order valence-corrected chi connectivity index (χ2v) is 5.06. The largest absolute Gasteiger partial charge is 0.291 e. The van der Waals surface area contributed by atoms with Crippen molar-refractivity contribution >= 4 is 23.2 Å². The van der Waals surface area contributed by atoms with Crippen molar-refractivity contribution in [2.75, 3.05) is 4.90 Å². The molecule has 19 heavy (non-hydrogen) atoms. The second kappa shape index (κ2) is 5.89. The van der Waals surface area contributed by atoms with Gasteiger partial charge in [-0.05, 0) is 37.6 Å². The number of benzene rings is 1. The summed E-state index contributed by atoms with van der Waals surface area (Å²) in [5.41, 5.74) is 1.92. The van der Waals surface area contributed by atoms with E-state index in [1.54, 1.807) is 22.7 Å². The number of hydrogen-bond acceptors (Lipinski definition) is 2. The fourth-order valence-electron chi connectivity index (χ4n) is 1.82. The molecule has 100 valence electrons. The third-order valence-corrected chi connectivity index (χ3v) is 2.95. The van der Waals surface area contributed by atoms with Crippen LogP contribution in [0.4, 0.5) is 5.69 Å². The number of aromatic nitrogens is 2. The molecule has 4 nitrogen and oxygen atoms in total. The fourth-order valence-corrected chi connectivity index (χ4v) is 1.94. The van der Waals surface area contributed by atoms with E-state index in [1.807, 2.05) is 43.5 Å². The Kier molecular flexibility index (Phi) is 4.22. The summed E-state index contributed by atoms with van der Waals surface area (Å²) < 4.78 is 1.69. The number of alkyl halides is 1. The molecule has 0 N–H and O–H groups in total. The molecule has 0 aliphatic carbocycles. The molecule has 1 atom stereocenters. The van der Waals surface area contributed by atoms with Gasteiger partial charge in [-0.15, -0.1) is 11.6 Å². The topological polar surface area (TPSA) is 38.1 Å². The first kappa shape index (κ1) is 13.6. The Morgan fingerprint density at radius 3 is 2.84 bits per heavy atom. The van der Waals surface area contributed by atoms with E-state index in [-0.39, 0.29) is 5.91 Å². The average molecular weight is 278 g/mol. The molecule has 1 aromatic heterocycles. The van der Waals surface area contributed by atoms with Crippen LogP contribution < -0.4 is 4.90 Å². The molecule has 0 saturated carbocycles. The maximum Gasteiger partial charge on any atom is 0.246 e. The first-order chi connectivity index (χ1) is 9.08. The smallest absolute Gasteiger partial charge is 0.246 e. The number of hydrogen-bond donors (Lipinski definition) is 0. The predicted octanol–water partition coefficient (Wildman–Crippen LogP) is 2.81. The Labute approximate surface area is 117 Å². The number of halogens is 1. The molecule has 0 spiro atoms. The normalized spacial score (nSPS) is 12.2. The lowest BCUT2D eigenvalue weighted by Gasteiger charge is -2.24. The monoisotopic (exact) mass is 277 g/mol. The Balaban J connectivity index is 2.31. The molecule has 0 bridgehead atoms. The number of carbonyl (C=O) groups excluding carboxylic acids is 1. The van der Waals surface area contributed by atoms with Crippen LogP contribution in [0.2, 0.25) is 0 Å². The fraction of sp³-hybridized carbons (Fsp3) is 0.286. The minimum atomic E-state index is -0.573. The first-order valence-electron chi connectivity index (χ1n) is 6.07. The van der Waals surface area contributed by atoms with Gasteiger partial charge in [-0.1, -0.05) is 12.1 Å². The Morgan fingerprint density at radius 2 is 2.26 bits per heavy atom. The zero-order valence-electron chi connectivity index (χ0n) is 11.0. The van der Waals surface area contributed by atoms with Crippen LogP contribution in [0, 0.1) is 6.92 Å². The predicted molar refractivity (Wildman–Crippen MR) is 76.2 cm³/mol. The van der Waals surface area contributed by atoms with Gasteiger partial charge in [0.1, 0.15) is 12.0 Å². The molecule has 2 aromatic rings. The molecule has 0 radical (unpaired) electrons. The maximum absolute atomic E-state index is 12.2.